The van der Waals surface area contributed by atoms with Gasteiger partial charge < -0.3 is 15.0 Å². The van der Waals surface area contributed by atoms with Crippen LogP contribution in [-0.4, -0.2) is 28.2 Å². The number of hydrogen-bond donors (Lipinski definition) is 2. The lowest BCUT2D eigenvalue weighted by Gasteiger charge is -2.24. The Hall–Kier alpha value is -2.57. The van der Waals surface area contributed by atoms with Crippen molar-refractivity contribution in [3.63, 3.8) is 0 Å². The van der Waals surface area contributed by atoms with Crippen LogP contribution in [0.1, 0.15) is 49.1 Å². The molecule has 0 aliphatic heterocycles. The first-order valence-corrected chi connectivity index (χ1v) is 8.61. The molecule has 2 N–H and O–H groups in total. The van der Waals surface area contributed by atoms with Crippen molar-refractivity contribution < 1.29 is 9.90 Å². The number of nitriles is 2. The van der Waals surface area contributed by atoms with Gasteiger partial charge in [-0.3, -0.25) is 4.79 Å². The van der Waals surface area contributed by atoms with Gasteiger partial charge in [0.2, 0.25) is 0 Å². The van der Waals surface area contributed by atoms with Crippen LogP contribution in [0.15, 0.2) is 11.6 Å². The number of hydrogen-bond acceptors (Lipinski definition) is 4. The highest BCUT2D eigenvalue weighted by Crippen LogP contribution is 2.24. The second-order valence-corrected chi connectivity index (χ2v) is 6.57. The number of aromatic nitrogens is 1. The summed E-state index contributed by atoms with van der Waals surface area (Å²) in [4.78, 5) is 12.5. The van der Waals surface area contributed by atoms with E-state index in [4.69, 9.17) is 5.26 Å². The number of nitrogens with zero attached hydrogens (tertiary/aromatic N) is 3. The minimum atomic E-state index is -0.422. The maximum Gasteiger partial charge on any atom is 0.262 e. The summed E-state index contributed by atoms with van der Waals surface area (Å²) >= 11 is 0. The van der Waals surface area contributed by atoms with E-state index >= 15 is 0 Å². The molecule has 1 amide bonds. The average molecular weight is 340 g/mol. The van der Waals surface area contributed by atoms with Crippen LogP contribution in [0.2, 0.25) is 0 Å². The summed E-state index contributed by atoms with van der Waals surface area (Å²) in [6.45, 7) is 1.88. The van der Waals surface area contributed by atoms with Crippen molar-refractivity contribution in [3.05, 3.63) is 28.6 Å². The summed E-state index contributed by atoms with van der Waals surface area (Å²) in [5.41, 5.74) is 2.00. The first kappa shape index (κ1) is 18.8. The monoisotopic (exact) mass is 340 g/mol. The van der Waals surface area contributed by atoms with Crippen LogP contribution in [0.25, 0.3) is 6.08 Å². The molecule has 1 aromatic heterocycles. The summed E-state index contributed by atoms with van der Waals surface area (Å²) in [7, 11) is 1.77. The van der Waals surface area contributed by atoms with Crippen molar-refractivity contribution in [2.75, 3.05) is 6.61 Å². The Bertz CT molecular complexity index is 749. The Morgan fingerprint density at radius 3 is 2.72 bits per heavy atom. The third kappa shape index (κ3) is 4.29. The molecule has 0 saturated heterocycles. The number of carbonyl (C=O) groups is 1. The molecule has 6 nitrogen and oxygen atoms in total. The highest BCUT2D eigenvalue weighted by atomic mass is 16.3. The number of aliphatic hydroxyl groups excluding tert-OH is 1. The van der Waals surface area contributed by atoms with E-state index in [9.17, 15) is 15.2 Å². The van der Waals surface area contributed by atoms with Crippen molar-refractivity contribution >= 4 is 12.0 Å². The van der Waals surface area contributed by atoms with Crippen LogP contribution in [0, 0.1) is 35.5 Å². The smallest absolute Gasteiger partial charge is 0.262 e. The van der Waals surface area contributed by atoms with Gasteiger partial charge in [-0.05, 0) is 37.5 Å². The normalized spacial score (nSPS) is 21.1. The zero-order chi connectivity index (χ0) is 18.4. The lowest BCUT2D eigenvalue weighted by molar-refractivity contribution is -0.118. The van der Waals surface area contributed by atoms with Gasteiger partial charge in [-0.1, -0.05) is 19.3 Å². The predicted molar refractivity (Wildman–Crippen MR) is 94.0 cm³/mol. The first-order valence-electron chi connectivity index (χ1n) is 8.61. The fourth-order valence-electron chi connectivity index (χ4n) is 3.32. The summed E-state index contributed by atoms with van der Waals surface area (Å²) in [5, 5.41) is 31.0. The number of nitrogens with one attached hydrogen (secondary N) is 1. The van der Waals surface area contributed by atoms with E-state index in [0.29, 0.717) is 11.3 Å². The van der Waals surface area contributed by atoms with Crippen LogP contribution in [0.4, 0.5) is 0 Å². The van der Waals surface area contributed by atoms with Gasteiger partial charge in [0.15, 0.2) is 0 Å². The maximum absolute atomic E-state index is 12.5. The highest BCUT2D eigenvalue weighted by molar-refractivity contribution is 6.02. The van der Waals surface area contributed by atoms with Crippen molar-refractivity contribution in [2.45, 2.75) is 45.1 Å². The van der Waals surface area contributed by atoms with E-state index in [1.807, 2.05) is 13.0 Å². The molecule has 1 saturated carbocycles. The predicted octanol–water partition coefficient (Wildman–Crippen LogP) is 2.17. The number of aliphatic hydroxyl groups is 1. The molecule has 1 heterocycles. The van der Waals surface area contributed by atoms with Gasteiger partial charge in [-0.15, -0.1) is 0 Å². The third-order valence-corrected chi connectivity index (χ3v) is 5.06. The van der Waals surface area contributed by atoms with Gasteiger partial charge >= 0.3 is 0 Å². The lowest BCUT2D eigenvalue weighted by atomic mass is 9.95. The standard InChI is InChI=1S/C19H24N4O2/c1-13-15(9-17(11-21)23(13)2)8-16(10-20)19(25)22-18-7-5-3-4-6-14(18)12-24/h8-9,14,18,24H,3-7,12H2,1-2H3,(H,22,25)/b16-8-. The minimum Gasteiger partial charge on any atom is -0.396 e. The van der Waals surface area contributed by atoms with Crippen LogP contribution < -0.4 is 5.32 Å². The Kier molecular flexibility index (Phi) is 6.38. The fourth-order valence-corrected chi connectivity index (χ4v) is 3.32. The van der Waals surface area contributed by atoms with E-state index in [0.717, 1.165) is 37.8 Å². The van der Waals surface area contributed by atoms with E-state index in [1.54, 1.807) is 17.7 Å². The van der Waals surface area contributed by atoms with Crippen molar-refractivity contribution in [2.24, 2.45) is 13.0 Å². The van der Waals surface area contributed by atoms with Crippen LogP contribution in [0.3, 0.4) is 0 Å². The molecule has 6 heteroatoms. The second kappa shape index (κ2) is 8.50. The van der Waals surface area contributed by atoms with Crippen LogP contribution in [0.5, 0.6) is 0 Å². The maximum atomic E-state index is 12.5. The summed E-state index contributed by atoms with van der Waals surface area (Å²) in [6, 6.07) is 5.60. The first-order chi connectivity index (χ1) is 12.0. The largest absolute Gasteiger partial charge is 0.396 e. The Balaban J connectivity index is 2.21. The molecule has 1 fully saturated rings. The van der Waals surface area contributed by atoms with Gasteiger partial charge in [-0.25, -0.2) is 0 Å². The Labute approximate surface area is 148 Å². The van der Waals surface area contributed by atoms with Gasteiger partial charge in [0.1, 0.15) is 23.4 Å². The fraction of sp³-hybridized carbons (Fsp3) is 0.526. The van der Waals surface area contributed by atoms with E-state index < -0.39 is 5.91 Å². The van der Waals surface area contributed by atoms with Gasteiger partial charge in [0.25, 0.3) is 5.91 Å². The lowest BCUT2D eigenvalue weighted by Crippen LogP contribution is -2.41. The number of carbonyl (C=O) groups excluding carboxylic acids is 1. The molecule has 2 atom stereocenters. The van der Waals surface area contributed by atoms with E-state index in [1.165, 1.54) is 6.08 Å². The van der Waals surface area contributed by atoms with E-state index in [2.05, 4.69) is 11.4 Å². The van der Waals surface area contributed by atoms with Crippen molar-refractivity contribution in [3.8, 4) is 12.1 Å². The molecule has 1 aliphatic carbocycles. The Morgan fingerprint density at radius 2 is 2.12 bits per heavy atom. The Morgan fingerprint density at radius 1 is 1.40 bits per heavy atom. The summed E-state index contributed by atoms with van der Waals surface area (Å²) in [5.74, 6) is -0.385. The average Bonchev–Trinajstić information content (AvgIpc) is 2.78. The molecule has 2 rings (SSSR count). The molecule has 1 aliphatic rings. The van der Waals surface area contributed by atoms with Gasteiger partial charge in [0.05, 0.1) is 0 Å². The molecule has 0 spiro atoms. The van der Waals surface area contributed by atoms with Crippen LogP contribution in [-0.2, 0) is 11.8 Å². The molecule has 0 radical (unpaired) electrons. The molecule has 25 heavy (non-hydrogen) atoms. The van der Waals surface area contributed by atoms with Gasteiger partial charge in [0, 0.05) is 31.3 Å². The minimum absolute atomic E-state index is 0.0131. The van der Waals surface area contributed by atoms with Crippen molar-refractivity contribution in [1.82, 2.24) is 9.88 Å². The third-order valence-electron chi connectivity index (χ3n) is 5.06. The zero-order valence-corrected chi connectivity index (χ0v) is 14.7. The molecule has 0 bridgehead atoms. The second-order valence-electron chi connectivity index (χ2n) is 6.57. The molecular formula is C19H24N4O2. The molecule has 132 valence electrons. The van der Waals surface area contributed by atoms with E-state index in [-0.39, 0.29) is 24.1 Å². The highest BCUT2D eigenvalue weighted by Gasteiger charge is 2.25. The van der Waals surface area contributed by atoms with Crippen LogP contribution >= 0.6 is 0 Å². The SMILES string of the molecule is Cc1c(/C=C(/C#N)C(=O)NC2CCCCCC2CO)cc(C#N)n1C. The number of amides is 1. The van der Waals surface area contributed by atoms with Crippen molar-refractivity contribution in [1.29, 1.82) is 10.5 Å². The molecule has 0 aromatic carbocycles. The quantitative estimate of drug-likeness (QED) is 0.498. The summed E-state index contributed by atoms with van der Waals surface area (Å²) < 4.78 is 1.73. The number of rotatable bonds is 4. The molecule has 2 unspecified atom stereocenters. The van der Waals surface area contributed by atoms with Gasteiger partial charge in [-0.2, -0.15) is 10.5 Å². The zero-order valence-electron chi connectivity index (χ0n) is 14.7. The summed E-state index contributed by atoms with van der Waals surface area (Å²) in [6.07, 6.45) is 6.39. The molecular weight excluding hydrogens is 316 g/mol. The molecule has 1 aromatic rings. The topological polar surface area (TPSA) is 102 Å².